The van der Waals surface area contributed by atoms with Crippen LogP contribution in [0.2, 0.25) is 0 Å². The fourth-order valence-electron chi connectivity index (χ4n) is 6.02. The molecule has 0 unspecified atom stereocenters. The zero-order valence-electron chi connectivity index (χ0n) is 22.8. The van der Waals surface area contributed by atoms with E-state index in [0.717, 1.165) is 16.9 Å². The van der Waals surface area contributed by atoms with E-state index in [1.165, 1.54) is 54.2 Å². The summed E-state index contributed by atoms with van der Waals surface area (Å²) in [6, 6.07) is 43.3. The van der Waals surface area contributed by atoms with Crippen LogP contribution in [0, 0.1) is 0 Å². The monoisotopic (exact) mass is 554 g/mol. The number of para-hydroxylation sites is 1. The maximum atomic E-state index is 4.58. The molecular formula is C39H26N2S. The summed E-state index contributed by atoms with van der Waals surface area (Å²) in [7, 11) is 0. The van der Waals surface area contributed by atoms with Gasteiger partial charge in [0.15, 0.2) is 0 Å². The quantitative estimate of drug-likeness (QED) is 0.216. The predicted octanol–water partition coefficient (Wildman–Crippen LogP) is 10.7. The van der Waals surface area contributed by atoms with E-state index in [2.05, 4.69) is 148 Å². The molecular weight excluding hydrogens is 529 g/mol. The molecule has 42 heavy (non-hydrogen) atoms. The molecule has 0 atom stereocenters. The van der Waals surface area contributed by atoms with Gasteiger partial charge in [-0.15, -0.1) is 0 Å². The molecule has 0 spiro atoms. The third kappa shape index (κ3) is 4.27. The standard InChI is InChI=1S/C39H26N2S/c1-2-17-36-33(15-1)34-26-30(21-22-37(34)41(36)32-14-6-12-31(25-32)35-16-3-4-23-40-35)27-13-8-24-42-38-18-7-11-28-9-5-10-29(20-19-27)39(28)38/h1-26H/b20-19+,24-8+,27-13+. The Morgan fingerprint density at radius 1 is 0.619 bits per heavy atom. The summed E-state index contributed by atoms with van der Waals surface area (Å²) in [5, 5.41) is 7.24. The fourth-order valence-corrected chi connectivity index (χ4v) is 6.84. The van der Waals surface area contributed by atoms with Crippen LogP contribution in [0.15, 0.2) is 156 Å². The first-order valence-electron chi connectivity index (χ1n) is 14.1. The molecule has 198 valence electrons. The molecule has 0 amide bonds. The molecule has 0 N–H and O–H groups in total. The summed E-state index contributed by atoms with van der Waals surface area (Å²) in [6.07, 6.45) is 10.7. The van der Waals surface area contributed by atoms with Crippen molar-refractivity contribution in [3.05, 3.63) is 162 Å². The van der Waals surface area contributed by atoms with Crippen molar-refractivity contribution in [1.29, 1.82) is 0 Å². The average Bonchev–Trinajstić information content (AvgIpc) is 3.38. The first-order chi connectivity index (χ1) is 20.8. The van der Waals surface area contributed by atoms with Crippen molar-refractivity contribution in [3.8, 4) is 16.9 Å². The van der Waals surface area contributed by atoms with Crippen molar-refractivity contribution in [3.63, 3.8) is 0 Å². The molecule has 5 aromatic carbocycles. The van der Waals surface area contributed by atoms with Gasteiger partial charge in [-0.2, -0.15) is 0 Å². The second kappa shape index (κ2) is 10.4. The smallest absolute Gasteiger partial charge is 0.0702 e. The highest BCUT2D eigenvalue weighted by Crippen LogP contribution is 2.37. The van der Waals surface area contributed by atoms with Crippen LogP contribution < -0.4 is 0 Å². The van der Waals surface area contributed by atoms with Gasteiger partial charge >= 0.3 is 0 Å². The Labute approximate surface area is 249 Å². The summed E-state index contributed by atoms with van der Waals surface area (Å²) in [6.45, 7) is 0. The first kappa shape index (κ1) is 24.7. The van der Waals surface area contributed by atoms with Gasteiger partial charge in [0.1, 0.15) is 0 Å². The molecule has 3 heterocycles. The largest absolute Gasteiger partial charge is 0.309 e. The van der Waals surface area contributed by atoms with Crippen molar-refractivity contribution in [2.75, 3.05) is 0 Å². The van der Waals surface area contributed by atoms with Crippen molar-refractivity contribution < 1.29 is 0 Å². The van der Waals surface area contributed by atoms with Crippen molar-refractivity contribution in [2.45, 2.75) is 4.90 Å². The Morgan fingerprint density at radius 2 is 1.48 bits per heavy atom. The summed E-state index contributed by atoms with van der Waals surface area (Å²) in [5.74, 6) is 0. The number of hydrogen-bond donors (Lipinski definition) is 0. The lowest BCUT2D eigenvalue weighted by atomic mass is 9.99. The number of rotatable bonds is 3. The molecule has 0 saturated carbocycles. The zero-order valence-corrected chi connectivity index (χ0v) is 23.6. The molecule has 8 rings (SSSR count). The van der Waals surface area contributed by atoms with Crippen LogP contribution >= 0.6 is 11.8 Å². The lowest BCUT2D eigenvalue weighted by Gasteiger charge is -2.11. The van der Waals surface area contributed by atoms with Gasteiger partial charge in [0.25, 0.3) is 0 Å². The van der Waals surface area contributed by atoms with E-state index in [-0.39, 0.29) is 0 Å². The summed E-state index contributed by atoms with van der Waals surface area (Å²) >= 11 is 1.77. The third-order valence-electron chi connectivity index (χ3n) is 7.96. The lowest BCUT2D eigenvalue weighted by molar-refractivity contribution is 1.18. The highest BCUT2D eigenvalue weighted by molar-refractivity contribution is 8.02. The number of nitrogens with zero attached hydrogens (tertiary/aromatic N) is 2. The van der Waals surface area contributed by atoms with Crippen LogP contribution in [0.3, 0.4) is 0 Å². The second-order valence-electron chi connectivity index (χ2n) is 10.5. The van der Waals surface area contributed by atoms with E-state index in [4.69, 9.17) is 0 Å². The van der Waals surface area contributed by atoms with Crippen LogP contribution in [-0.2, 0) is 0 Å². The molecule has 0 aliphatic carbocycles. The first-order valence-corrected chi connectivity index (χ1v) is 15.0. The Balaban J connectivity index is 1.27. The van der Waals surface area contributed by atoms with E-state index in [1.54, 1.807) is 11.8 Å². The molecule has 0 radical (unpaired) electrons. The number of aromatic nitrogens is 2. The highest BCUT2D eigenvalue weighted by atomic mass is 32.2. The molecule has 0 bridgehead atoms. The van der Waals surface area contributed by atoms with Gasteiger partial charge in [-0.05, 0) is 76.0 Å². The van der Waals surface area contributed by atoms with Crippen molar-refractivity contribution in [1.82, 2.24) is 9.55 Å². The van der Waals surface area contributed by atoms with Gasteiger partial charge in [0, 0.05) is 38.5 Å². The maximum Gasteiger partial charge on any atom is 0.0702 e. The molecule has 7 aromatic rings. The number of allylic oxidation sites excluding steroid dienone is 4. The second-order valence-corrected chi connectivity index (χ2v) is 11.4. The Morgan fingerprint density at radius 3 is 2.40 bits per heavy atom. The van der Waals surface area contributed by atoms with E-state index in [9.17, 15) is 0 Å². The van der Waals surface area contributed by atoms with Crippen LogP contribution in [0.1, 0.15) is 11.1 Å². The molecule has 1 aliphatic heterocycles. The topological polar surface area (TPSA) is 17.8 Å². The lowest BCUT2D eigenvalue weighted by Crippen LogP contribution is -1.95. The van der Waals surface area contributed by atoms with Gasteiger partial charge in [0.2, 0.25) is 0 Å². The third-order valence-corrected chi connectivity index (χ3v) is 8.85. The van der Waals surface area contributed by atoms with E-state index in [1.807, 2.05) is 18.3 Å². The molecule has 2 nitrogen and oxygen atoms in total. The van der Waals surface area contributed by atoms with Gasteiger partial charge in [-0.25, -0.2) is 0 Å². The molecule has 2 aromatic heterocycles. The Kier molecular flexibility index (Phi) is 6.09. The van der Waals surface area contributed by atoms with Crippen LogP contribution in [-0.4, -0.2) is 9.55 Å². The van der Waals surface area contributed by atoms with Crippen LogP contribution in [0.4, 0.5) is 0 Å². The molecule has 0 fully saturated rings. The number of benzene rings is 5. The Bertz CT molecular complexity index is 2210. The fraction of sp³-hybridized carbons (Fsp3) is 0. The van der Waals surface area contributed by atoms with E-state index in [0.29, 0.717) is 0 Å². The van der Waals surface area contributed by atoms with Crippen molar-refractivity contribution in [2.24, 2.45) is 0 Å². The predicted molar refractivity (Wildman–Crippen MR) is 180 cm³/mol. The zero-order chi connectivity index (χ0) is 27.9. The van der Waals surface area contributed by atoms with Crippen LogP contribution in [0.25, 0.3) is 61.2 Å². The van der Waals surface area contributed by atoms with Gasteiger partial charge in [-0.3, -0.25) is 4.98 Å². The number of hydrogen-bond acceptors (Lipinski definition) is 2. The van der Waals surface area contributed by atoms with Gasteiger partial charge < -0.3 is 4.57 Å². The minimum atomic E-state index is 0.974. The molecule has 0 saturated heterocycles. The number of pyridine rings is 1. The minimum Gasteiger partial charge on any atom is -0.309 e. The molecule has 3 heteroatoms. The highest BCUT2D eigenvalue weighted by Gasteiger charge is 2.14. The average molecular weight is 555 g/mol. The maximum absolute atomic E-state index is 4.58. The minimum absolute atomic E-state index is 0.974. The number of fused-ring (bicyclic) bond motifs is 3. The normalized spacial score (nSPS) is 15.9. The summed E-state index contributed by atoms with van der Waals surface area (Å²) in [4.78, 5) is 5.86. The van der Waals surface area contributed by atoms with E-state index >= 15 is 0 Å². The molecule has 1 aliphatic rings. The van der Waals surface area contributed by atoms with Crippen molar-refractivity contribution >= 4 is 56.0 Å². The van der Waals surface area contributed by atoms with E-state index < -0.39 is 0 Å². The van der Waals surface area contributed by atoms with Crippen LogP contribution in [0.5, 0.6) is 0 Å². The SMILES string of the molecule is C1=C\Sc2cccc3cccc(c23)/C=C/C(c2ccc3c(c2)c2ccccc2n3-c2cccc(-c3ccccn3)c2)=C\1. The number of thioether (sulfide) groups is 1. The summed E-state index contributed by atoms with van der Waals surface area (Å²) in [5.41, 5.74) is 9.20. The Hall–Kier alpha value is -5.12. The van der Waals surface area contributed by atoms with Gasteiger partial charge in [-0.1, -0.05) is 109 Å². The van der Waals surface area contributed by atoms with Gasteiger partial charge in [0.05, 0.1) is 16.7 Å². The summed E-state index contributed by atoms with van der Waals surface area (Å²) < 4.78 is 2.37.